The highest BCUT2D eigenvalue weighted by Crippen LogP contribution is 2.27. The molecule has 0 unspecified atom stereocenters. The molecule has 0 saturated carbocycles. The number of aryl methyl sites for hydroxylation is 1. The lowest BCUT2D eigenvalue weighted by Gasteiger charge is -2.14. The highest BCUT2D eigenvalue weighted by Gasteiger charge is 2.24. The molecule has 0 fully saturated rings. The average Bonchev–Trinajstić information content (AvgIpc) is 2.86. The minimum absolute atomic E-state index is 0.350. The van der Waals surface area contributed by atoms with E-state index in [1.54, 1.807) is 23.7 Å². The van der Waals surface area contributed by atoms with Crippen molar-refractivity contribution >= 4 is 37.8 Å². The lowest BCUT2D eigenvalue weighted by atomic mass is 10.5. The minimum Gasteiger partial charge on any atom is -0.244 e. The standard InChI is InChI=1S/C9H10N2O2S3/c1-7-3-4-8(15-7)16(12,13)11(2)9-10-5-6-14-9/h3-6H,1-2H3. The summed E-state index contributed by atoms with van der Waals surface area (Å²) in [6.45, 7) is 1.88. The van der Waals surface area contributed by atoms with E-state index in [1.165, 1.54) is 34.0 Å². The average molecular weight is 274 g/mol. The summed E-state index contributed by atoms with van der Waals surface area (Å²) >= 11 is 2.57. The van der Waals surface area contributed by atoms with Gasteiger partial charge in [0.1, 0.15) is 4.21 Å². The van der Waals surface area contributed by atoms with Crippen LogP contribution in [0.3, 0.4) is 0 Å². The van der Waals surface area contributed by atoms with Gasteiger partial charge in [0.15, 0.2) is 5.13 Å². The fourth-order valence-electron chi connectivity index (χ4n) is 1.16. The third-order valence-corrected chi connectivity index (χ3v) is 6.20. The van der Waals surface area contributed by atoms with Crippen molar-refractivity contribution in [1.82, 2.24) is 4.98 Å². The number of rotatable bonds is 3. The van der Waals surface area contributed by atoms with Crippen LogP contribution in [0.15, 0.2) is 27.9 Å². The Morgan fingerprint density at radius 1 is 1.38 bits per heavy atom. The molecule has 0 aliphatic rings. The molecule has 0 spiro atoms. The van der Waals surface area contributed by atoms with E-state index in [1.807, 2.05) is 6.92 Å². The van der Waals surface area contributed by atoms with Gasteiger partial charge >= 0.3 is 0 Å². The smallest absolute Gasteiger partial charge is 0.244 e. The number of thiazole rings is 1. The van der Waals surface area contributed by atoms with Gasteiger partial charge < -0.3 is 0 Å². The highest BCUT2D eigenvalue weighted by molar-refractivity contribution is 7.95. The number of anilines is 1. The summed E-state index contributed by atoms with van der Waals surface area (Å²) in [7, 11) is -1.92. The van der Waals surface area contributed by atoms with Gasteiger partial charge in [0.2, 0.25) is 0 Å². The Morgan fingerprint density at radius 2 is 2.12 bits per heavy atom. The van der Waals surface area contributed by atoms with Crippen LogP contribution in [0, 0.1) is 6.92 Å². The molecule has 0 amide bonds. The second-order valence-corrected chi connectivity index (χ2v) is 7.51. The van der Waals surface area contributed by atoms with Gasteiger partial charge in [0.05, 0.1) is 0 Å². The van der Waals surface area contributed by atoms with Gasteiger partial charge in [-0.3, -0.25) is 0 Å². The van der Waals surface area contributed by atoms with E-state index in [0.717, 1.165) is 4.88 Å². The quantitative estimate of drug-likeness (QED) is 0.863. The Morgan fingerprint density at radius 3 is 2.62 bits per heavy atom. The van der Waals surface area contributed by atoms with Crippen LogP contribution in [0.25, 0.3) is 0 Å². The molecule has 0 bridgehead atoms. The number of hydrogen-bond acceptors (Lipinski definition) is 5. The van der Waals surface area contributed by atoms with Crippen LogP contribution in [0.5, 0.6) is 0 Å². The van der Waals surface area contributed by atoms with Gasteiger partial charge in [0, 0.05) is 23.5 Å². The van der Waals surface area contributed by atoms with Crippen molar-refractivity contribution in [2.75, 3.05) is 11.4 Å². The van der Waals surface area contributed by atoms with Crippen LogP contribution < -0.4 is 4.31 Å². The molecule has 0 aliphatic carbocycles. The van der Waals surface area contributed by atoms with Gasteiger partial charge in [-0.15, -0.1) is 22.7 Å². The molecule has 2 aromatic rings. The Bertz CT molecular complexity index is 572. The monoisotopic (exact) mass is 274 g/mol. The van der Waals surface area contributed by atoms with Crippen molar-refractivity contribution < 1.29 is 8.42 Å². The summed E-state index contributed by atoms with van der Waals surface area (Å²) in [5, 5.41) is 2.23. The molecule has 16 heavy (non-hydrogen) atoms. The van der Waals surface area contributed by atoms with Crippen LogP contribution in [-0.4, -0.2) is 20.4 Å². The number of nitrogens with zero attached hydrogens (tertiary/aromatic N) is 2. The fourth-order valence-corrected chi connectivity index (χ4v) is 4.60. The normalized spacial score (nSPS) is 11.6. The molecule has 0 atom stereocenters. The van der Waals surface area contributed by atoms with Gasteiger partial charge in [-0.1, -0.05) is 0 Å². The van der Waals surface area contributed by atoms with Gasteiger partial charge in [-0.25, -0.2) is 17.7 Å². The van der Waals surface area contributed by atoms with Crippen LogP contribution >= 0.6 is 22.7 Å². The lowest BCUT2D eigenvalue weighted by Crippen LogP contribution is -2.25. The van der Waals surface area contributed by atoms with Crippen molar-refractivity contribution in [3.63, 3.8) is 0 Å². The maximum atomic E-state index is 12.1. The number of sulfonamides is 1. The molecular formula is C9H10N2O2S3. The summed E-state index contributed by atoms with van der Waals surface area (Å²) in [5.41, 5.74) is 0. The van der Waals surface area contributed by atoms with E-state index in [9.17, 15) is 8.42 Å². The first kappa shape index (κ1) is 11.6. The van der Waals surface area contributed by atoms with E-state index in [-0.39, 0.29) is 0 Å². The molecule has 0 N–H and O–H groups in total. The zero-order valence-corrected chi connectivity index (χ0v) is 11.2. The zero-order chi connectivity index (χ0) is 11.8. The van der Waals surface area contributed by atoms with Crippen molar-refractivity contribution in [2.24, 2.45) is 0 Å². The Labute approximate surface area is 102 Å². The number of hydrogen-bond donors (Lipinski definition) is 0. The fraction of sp³-hybridized carbons (Fsp3) is 0.222. The first-order valence-electron chi connectivity index (χ1n) is 4.46. The van der Waals surface area contributed by atoms with Crippen molar-refractivity contribution in [3.05, 3.63) is 28.6 Å². The summed E-state index contributed by atoms with van der Waals surface area (Å²) < 4.78 is 25.9. The molecule has 86 valence electrons. The van der Waals surface area contributed by atoms with E-state index >= 15 is 0 Å². The number of aromatic nitrogens is 1. The highest BCUT2D eigenvalue weighted by atomic mass is 32.2. The lowest BCUT2D eigenvalue weighted by molar-refractivity contribution is 0.596. The van der Waals surface area contributed by atoms with E-state index in [4.69, 9.17) is 0 Å². The summed E-state index contributed by atoms with van der Waals surface area (Å²) in [6.07, 6.45) is 1.59. The number of thiophene rings is 1. The molecule has 2 aromatic heterocycles. The second kappa shape index (κ2) is 4.15. The second-order valence-electron chi connectivity index (χ2n) is 3.15. The summed E-state index contributed by atoms with van der Waals surface area (Å²) in [6, 6.07) is 3.42. The molecule has 0 aliphatic heterocycles. The minimum atomic E-state index is -3.44. The topological polar surface area (TPSA) is 50.3 Å². The molecular weight excluding hydrogens is 264 g/mol. The van der Waals surface area contributed by atoms with Crippen LogP contribution in [0.1, 0.15) is 4.88 Å². The Balaban J connectivity index is 2.40. The van der Waals surface area contributed by atoms with E-state index < -0.39 is 10.0 Å². The maximum absolute atomic E-state index is 12.1. The Kier molecular flexibility index (Phi) is 3.00. The molecule has 4 nitrogen and oxygen atoms in total. The van der Waals surface area contributed by atoms with Crippen LogP contribution in [0.4, 0.5) is 5.13 Å². The zero-order valence-electron chi connectivity index (χ0n) is 8.75. The third kappa shape index (κ3) is 1.98. The van der Waals surface area contributed by atoms with Crippen molar-refractivity contribution in [3.8, 4) is 0 Å². The summed E-state index contributed by atoms with van der Waals surface area (Å²) in [5.74, 6) is 0. The van der Waals surface area contributed by atoms with Gasteiger partial charge in [0.25, 0.3) is 10.0 Å². The maximum Gasteiger partial charge on any atom is 0.275 e. The first-order chi connectivity index (χ1) is 7.51. The molecule has 0 aromatic carbocycles. The van der Waals surface area contributed by atoms with Gasteiger partial charge in [-0.2, -0.15) is 0 Å². The SMILES string of the molecule is Cc1ccc(S(=O)(=O)N(C)c2nccs2)s1. The molecule has 0 saturated heterocycles. The van der Waals surface area contributed by atoms with Crippen LogP contribution in [-0.2, 0) is 10.0 Å². The first-order valence-corrected chi connectivity index (χ1v) is 7.60. The molecule has 7 heteroatoms. The molecule has 0 radical (unpaired) electrons. The van der Waals surface area contributed by atoms with Crippen molar-refractivity contribution in [1.29, 1.82) is 0 Å². The van der Waals surface area contributed by atoms with Crippen molar-refractivity contribution in [2.45, 2.75) is 11.1 Å². The largest absolute Gasteiger partial charge is 0.275 e. The van der Waals surface area contributed by atoms with E-state index in [0.29, 0.717) is 9.34 Å². The van der Waals surface area contributed by atoms with Gasteiger partial charge in [-0.05, 0) is 19.1 Å². The third-order valence-electron chi connectivity index (χ3n) is 2.02. The summed E-state index contributed by atoms with van der Waals surface area (Å²) in [4.78, 5) is 4.96. The Hall–Kier alpha value is -0.920. The molecule has 2 heterocycles. The predicted octanol–water partition coefficient (Wildman–Crippen LogP) is 2.34. The predicted molar refractivity (Wildman–Crippen MR) is 66.8 cm³/mol. The van der Waals surface area contributed by atoms with Crippen LogP contribution in [0.2, 0.25) is 0 Å². The van der Waals surface area contributed by atoms with E-state index in [2.05, 4.69) is 4.98 Å². The molecule has 2 rings (SSSR count).